The molecule has 0 saturated carbocycles. The minimum atomic E-state index is 0.00445. The van der Waals surface area contributed by atoms with E-state index in [9.17, 15) is 0 Å². The van der Waals surface area contributed by atoms with Gasteiger partial charge in [0.15, 0.2) is 0 Å². The molecule has 0 aromatic carbocycles. The van der Waals surface area contributed by atoms with Crippen LogP contribution in [0.25, 0.3) is 0 Å². The molecule has 6 heteroatoms. The Labute approximate surface area is 148 Å². The second kappa shape index (κ2) is 7.45. The first-order valence-electron chi connectivity index (χ1n) is 8.97. The summed E-state index contributed by atoms with van der Waals surface area (Å²) in [7, 11) is 0. The Morgan fingerprint density at radius 1 is 1.16 bits per heavy atom. The summed E-state index contributed by atoms with van der Waals surface area (Å²) >= 11 is 0. The minimum Gasteiger partial charge on any atom is -0.377 e. The monoisotopic (exact) mass is 340 g/mol. The van der Waals surface area contributed by atoms with E-state index < -0.39 is 0 Å². The van der Waals surface area contributed by atoms with Crippen molar-refractivity contribution < 1.29 is 9.47 Å². The van der Waals surface area contributed by atoms with Crippen LogP contribution in [0.4, 0.5) is 5.95 Å². The van der Waals surface area contributed by atoms with Gasteiger partial charge in [0.2, 0.25) is 5.95 Å². The van der Waals surface area contributed by atoms with Crippen LogP contribution in [0.2, 0.25) is 0 Å². The van der Waals surface area contributed by atoms with E-state index in [4.69, 9.17) is 9.47 Å². The molecule has 6 nitrogen and oxygen atoms in total. The van der Waals surface area contributed by atoms with Crippen molar-refractivity contribution in [1.82, 2.24) is 15.0 Å². The van der Waals surface area contributed by atoms with Gasteiger partial charge in [-0.3, -0.25) is 4.98 Å². The lowest BCUT2D eigenvalue weighted by Crippen LogP contribution is -2.57. The van der Waals surface area contributed by atoms with Crippen molar-refractivity contribution in [3.8, 4) is 0 Å². The number of anilines is 1. The van der Waals surface area contributed by atoms with Crippen LogP contribution in [-0.4, -0.2) is 47.4 Å². The van der Waals surface area contributed by atoms with E-state index in [1.165, 1.54) is 0 Å². The van der Waals surface area contributed by atoms with E-state index in [-0.39, 0.29) is 11.5 Å². The number of aromatic nitrogens is 3. The largest absolute Gasteiger partial charge is 0.377 e. The van der Waals surface area contributed by atoms with Gasteiger partial charge in [-0.05, 0) is 37.5 Å². The molecule has 25 heavy (non-hydrogen) atoms. The van der Waals surface area contributed by atoms with Crippen molar-refractivity contribution in [3.63, 3.8) is 0 Å². The predicted octanol–water partition coefficient (Wildman–Crippen LogP) is 2.46. The third-order valence-corrected chi connectivity index (χ3v) is 5.19. The number of piperidine rings is 1. The summed E-state index contributed by atoms with van der Waals surface area (Å²) in [6, 6.07) is 7.76. The maximum atomic E-state index is 6.11. The van der Waals surface area contributed by atoms with E-state index in [0.29, 0.717) is 13.2 Å². The number of ether oxygens (including phenoxy) is 2. The Bertz CT molecular complexity index is 670. The van der Waals surface area contributed by atoms with Crippen molar-refractivity contribution in [3.05, 3.63) is 48.5 Å². The molecule has 132 valence electrons. The van der Waals surface area contributed by atoms with Crippen molar-refractivity contribution in [2.24, 2.45) is 5.41 Å². The lowest BCUT2D eigenvalue weighted by atomic mass is 9.73. The third kappa shape index (κ3) is 3.65. The fourth-order valence-corrected chi connectivity index (χ4v) is 3.97. The SMILES string of the molecule is c1ccc(COC[C@]23CCCO[C@@H]2CCN(c2ncccn2)C3)nc1. The van der Waals surface area contributed by atoms with Gasteiger partial charge in [0.05, 0.1) is 25.0 Å². The summed E-state index contributed by atoms with van der Waals surface area (Å²) < 4.78 is 12.2. The first kappa shape index (κ1) is 16.4. The molecule has 0 aliphatic carbocycles. The zero-order valence-corrected chi connectivity index (χ0v) is 14.4. The van der Waals surface area contributed by atoms with E-state index in [1.807, 2.05) is 24.3 Å². The summed E-state index contributed by atoms with van der Waals surface area (Å²) in [6.45, 7) is 3.88. The van der Waals surface area contributed by atoms with Crippen LogP contribution in [0.3, 0.4) is 0 Å². The average molecular weight is 340 g/mol. The molecule has 0 spiro atoms. The van der Waals surface area contributed by atoms with Gasteiger partial charge in [-0.25, -0.2) is 9.97 Å². The van der Waals surface area contributed by atoms with Crippen molar-refractivity contribution in [2.45, 2.75) is 32.0 Å². The van der Waals surface area contributed by atoms with Gasteiger partial charge in [0.1, 0.15) is 0 Å². The fraction of sp³-hybridized carbons (Fsp3) is 0.526. The van der Waals surface area contributed by atoms with Crippen LogP contribution in [-0.2, 0) is 16.1 Å². The lowest BCUT2D eigenvalue weighted by molar-refractivity contribution is -0.128. The summed E-state index contributed by atoms with van der Waals surface area (Å²) in [5.74, 6) is 0.802. The van der Waals surface area contributed by atoms with Gasteiger partial charge in [0, 0.05) is 43.7 Å². The van der Waals surface area contributed by atoms with Crippen LogP contribution < -0.4 is 4.90 Å². The van der Waals surface area contributed by atoms with Crippen LogP contribution in [0, 0.1) is 5.41 Å². The highest BCUT2D eigenvalue weighted by Gasteiger charge is 2.46. The fourth-order valence-electron chi connectivity index (χ4n) is 3.97. The van der Waals surface area contributed by atoms with Gasteiger partial charge < -0.3 is 14.4 Å². The van der Waals surface area contributed by atoms with Crippen LogP contribution in [0.5, 0.6) is 0 Å². The normalized spacial score (nSPS) is 26.2. The molecule has 0 amide bonds. The third-order valence-electron chi connectivity index (χ3n) is 5.19. The van der Waals surface area contributed by atoms with Crippen LogP contribution in [0.1, 0.15) is 25.0 Å². The highest BCUT2D eigenvalue weighted by Crippen LogP contribution is 2.41. The smallest absolute Gasteiger partial charge is 0.225 e. The highest BCUT2D eigenvalue weighted by molar-refractivity contribution is 5.31. The number of hydrogen-bond donors (Lipinski definition) is 0. The molecule has 2 aliphatic rings. The Morgan fingerprint density at radius 3 is 2.88 bits per heavy atom. The number of rotatable bonds is 5. The summed E-state index contributed by atoms with van der Waals surface area (Å²) in [5, 5.41) is 0. The zero-order valence-electron chi connectivity index (χ0n) is 14.4. The molecular formula is C19H24N4O2. The molecule has 0 radical (unpaired) electrons. The van der Waals surface area contributed by atoms with Crippen molar-refractivity contribution in [2.75, 3.05) is 31.2 Å². The standard InChI is InChI=1S/C19H24N4O2/c1-2-8-20-16(5-1)13-24-15-19-7-3-12-25-17(19)6-11-23(14-19)18-21-9-4-10-22-18/h1-2,4-5,8-10,17H,3,6-7,11-15H2/t17-,19-/m1/s1. The molecular weight excluding hydrogens is 316 g/mol. The molecule has 0 N–H and O–H groups in total. The van der Waals surface area contributed by atoms with E-state index in [0.717, 1.165) is 50.6 Å². The quantitative estimate of drug-likeness (QED) is 0.833. The van der Waals surface area contributed by atoms with E-state index >= 15 is 0 Å². The number of nitrogens with zero attached hydrogens (tertiary/aromatic N) is 4. The Balaban J connectivity index is 1.46. The van der Waals surface area contributed by atoms with Gasteiger partial charge >= 0.3 is 0 Å². The second-order valence-electron chi connectivity index (χ2n) is 6.90. The van der Waals surface area contributed by atoms with Crippen molar-refractivity contribution in [1.29, 1.82) is 0 Å². The molecule has 2 atom stereocenters. The van der Waals surface area contributed by atoms with Gasteiger partial charge in [0.25, 0.3) is 0 Å². The number of hydrogen-bond acceptors (Lipinski definition) is 6. The van der Waals surface area contributed by atoms with Crippen LogP contribution >= 0.6 is 0 Å². The first-order chi connectivity index (χ1) is 12.4. The Morgan fingerprint density at radius 2 is 2.04 bits per heavy atom. The first-order valence-corrected chi connectivity index (χ1v) is 8.97. The zero-order chi connectivity index (χ0) is 17.0. The maximum absolute atomic E-state index is 6.11. The predicted molar refractivity (Wildman–Crippen MR) is 94.2 cm³/mol. The molecule has 4 heterocycles. The maximum Gasteiger partial charge on any atom is 0.225 e. The Kier molecular flexibility index (Phi) is 4.90. The molecule has 2 saturated heterocycles. The minimum absolute atomic E-state index is 0.00445. The van der Waals surface area contributed by atoms with E-state index in [2.05, 4.69) is 19.9 Å². The highest BCUT2D eigenvalue weighted by atomic mass is 16.5. The molecule has 2 aliphatic heterocycles. The second-order valence-corrected chi connectivity index (χ2v) is 6.90. The molecule has 4 rings (SSSR count). The molecule has 2 aromatic heterocycles. The lowest BCUT2D eigenvalue weighted by Gasteiger charge is -2.50. The molecule has 2 fully saturated rings. The van der Waals surface area contributed by atoms with Crippen LogP contribution in [0.15, 0.2) is 42.9 Å². The molecule has 0 bridgehead atoms. The number of pyridine rings is 1. The number of fused-ring (bicyclic) bond motifs is 1. The van der Waals surface area contributed by atoms with Crippen molar-refractivity contribution >= 4 is 5.95 Å². The summed E-state index contributed by atoms with van der Waals surface area (Å²) in [6.07, 6.45) is 8.84. The molecule has 2 aromatic rings. The summed E-state index contributed by atoms with van der Waals surface area (Å²) in [5.41, 5.74) is 0.969. The average Bonchev–Trinajstić information content (AvgIpc) is 2.69. The van der Waals surface area contributed by atoms with E-state index in [1.54, 1.807) is 18.6 Å². The van der Waals surface area contributed by atoms with Gasteiger partial charge in [-0.15, -0.1) is 0 Å². The van der Waals surface area contributed by atoms with Gasteiger partial charge in [-0.2, -0.15) is 0 Å². The van der Waals surface area contributed by atoms with Gasteiger partial charge in [-0.1, -0.05) is 6.07 Å². The topological polar surface area (TPSA) is 60.4 Å². The molecule has 0 unspecified atom stereocenters. The Hall–Kier alpha value is -2.05. The summed E-state index contributed by atoms with van der Waals surface area (Å²) in [4.78, 5) is 15.5.